The van der Waals surface area contributed by atoms with Crippen molar-refractivity contribution in [1.82, 2.24) is 4.57 Å². The first-order valence-electron chi connectivity index (χ1n) is 7.45. The summed E-state index contributed by atoms with van der Waals surface area (Å²) in [5.74, 6) is 0.307. The van der Waals surface area contributed by atoms with Gasteiger partial charge in [-0.1, -0.05) is 13.8 Å². The van der Waals surface area contributed by atoms with Gasteiger partial charge in [-0.3, -0.25) is 4.79 Å². The quantitative estimate of drug-likeness (QED) is 0.847. The molecule has 2 rings (SSSR count). The zero-order valence-electron chi connectivity index (χ0n) is 13.5. The van der Waals surface area contributed by atoms with E-state index in [1.807, 2.05) is 6.07 Å². The van der Waals surface area contributed by atoms with Crippen molar-refractivity contribution in [3.05, 3.63) is 52.2 Å². The van der Waals surface area contributed by atoms with Crippen LogP contribution in [-0.2, 0) is 6.54 Å². The number of rotatable bonds is 5. The summed E-state index contributed by atoms with van der Waals surface area (Å²) in [5.41, 5.74) is 0.0927. The number of methoxy groups -OCH3 is 1. The summed E-state index contributed by atoms with van der Waals surface area (Å²) in [5, 5.41) is 9.34. The van der Waals surface area contributed by atoms with Gasteiger partial charge in [0, 0.05) is 29.9 Å². The Morgan fingerprint density at radius 2 is 2.04 bits per heavy atom. The van der Waals surface area contributed by atoms with Crippen LogP contribution in [0.25, 0.3) is 11.1 Å². The first-order valence-corrected chi connectivity index (χ1v) is 7.45. The Labute approximate surface area is 134 Å². The molecule has 1 heterocycles. The summed E-state index contributed by atoms with van der Waals surface area (Å²) in [6.07, 6.45) is 2.45. The molecular weight excluding hydrogens is 295 g/mol. The fourth-order valence-electron chi connectivity index (χ4n) is 2.32. The van der Waals surface area contributed by atoms with Crippen molar-refractivity contribution < 1.29 is 9.13 Å². The summed E-state index contributed by atoms with van der Waals surface area (Å²) in [6.45, 7) is 4.67. The normalized spacial score (nSPS) is 10.6. The molecule has 0 aliphatic carbocycles. The minimum absolute atomic E-state index is 0.0414. The number of benzene rings is 1. The van der Waals surface area contributed by atoms with E-state index < -0.39 is 5.82 Å². The maximum atomic E-state index is 14.2. The average molecular weight is 314 g/mol. The highest BCUT2D eigenvalue weighted by atomic mass is 19.1. The molecule has 1 aromatic carbocycles. The number of ether oxygens (including phenoxy) is 1. The van der Waals surface area contributed by atoms with Crippen LogP contribution in [0.1, 0.15) is 25.8 Å². The molecule has 120 valence electrons. The van der Waals surface area contributed by atoms with Crippen molar-refractivity contribution in [2.75, 3.05) is 7.11 Å². The van der Waals surface area contributed by atoms with Crippen molar-refractivity contribution in [1.29, 1.82) is 5.26 Å². The van der Waals surface area contributed by atoms with Crippen LogP contribution in [0.15, 0.2) is 35.3 Å². The zero-order valence-corrected chi connectivity index (χ0v) is 13.5. The third-order valence-electron chi connectivity index (χ3n) is 3.69. The van der Waals surface area contributed by atoms with Crippen LogP contribution in [0.5, 0.6) is 5.75 Å². The molecule has 0 bridgehead atoms. The highest BCUT2D eigenvalue weighted by Gasteiger charge is 2.15. The van der Waals surface area contributed by atoms with Gasteiger partial charge in [-0.05, 0) is 30.5 Å². The van der Waals surface area contributed by atoms with Gasteiger partial charge >= 0.3 is 0 Å². The summed E-state index contributed by atoms with van der Waals surface area (Å²) in [4.78, 5) is 12.4. The highest BCUT2D eigenvalue weighted by molar-refractivity contribution is 5.70. The van der Waals surface area contributed by atoms with E-state index >= 15 is 0 Å². The summed E-state index contributed by atoms with van der Waals surface area (Å²) in [6, 6.07) is 7.89. The van der Waals surface area contributed by atoms with Crippen molar-refractivity contribution >= 4 is 0 Å². The van der Waals surface area contributed by atoms with Gasteiger partial charge in [-0.15, -0.1) is 0 Å². The molecule has 0 spiro atoms. The third kappa shape index (κ3) is 3.59. The number of nitrogens with zero attached hydrogens (tertiary/aromatic N) is 2. The summed E-state index contributed by atoms with van der Waals surface area (Å²) < 4.78 is 20.7. The Morgan fingerprint density at radius 1 is 1.30 bits per heavy atom. The van der Waals surface area contributed by atoms with Crippen molar-refractivity contribution in [3.8, 4) is 22.9 Å². The second-order valence-electron chi connectivity index (χ2n) is 5.74. The number of hydrogen-bond donors (Lipinski definition) is 0. The molecule has 0 aliphatic rings. The molecule has 0 atom stereocenters. The van der Waals surface area contributed by atoms with Gasteiger partial charge in [0.1, 0.15) is 23.2 Å². The number of pyridine rings is 1. The average Bonchev–Trinajstić information content (AvgIpc) is 2.53. The van der Waals surface area contributed by atoms with Crippen LogP contribution >= 0.6 is 0 Å². The topological polar surface area (TPSA) is 55.0 Å². The Bertz CT molecular complexity index is 804. The molecule has 0 aliphatic heterocycles. The van der Waals surface area contributed by atoms with Crippen LogP contribution in [0, 0.1) is 23.1 Å². The maximum absolute atomic E-state index is 14.2. The largest absolute Gasteiger partial charge is 0.497 e. The smallest absolute Gasteiger partial charge is 0.269 e. The predicted octanol–water partition coefficient (Wildman–Crippen LogP) is 3.58. The van der Waals surface area contributed by atoms with Gasteiger partial charge in [0.2, 0.25) is 0 Å². The van der Waals surface area contributed by atoms with Crippen molar-refractivity contribution in [2.45, 2.75) is 26.8 Å². The zero-order chi connectivity index (χ0) is 17.0. The third-order valence-corrected chi connectivity index (χ3v) is 3.69. The molecule has 2 aromatic rings. The lowest BCUT2D eigenvalue weighted by molar-refractivity contribution is 0.411. The van der Waals surface area contributed by atoms with E-state index in [4.69, 9.17) is 4.74 Å². The maximum Gasteiger partial charge on any atom is 0.269 e. The Balaban J connectivity index is 2.51. The monoisotopic (exact) mass is 314 g/mol. The molecule has 0 unspecified atom stereocenters. The minimum atomic E-state index is -0.528. The van der Waals surface area contributed by atoms with E-state index in [1.54, 1.807) is 18.3 Å². The SMILES string of the molecule is COc1ccc(-c2ccn(CCC(C)C)c(=O)c2C#N)c(F)c1. The summed E-state index contributed by atoms with van der Waals surface area (Å²) >= 11 is 0. The van der Waals surface area contributed by atoms with Crippen molar-refractivity contribution in [3.63, 3.8) is 0 Å². The van der Waals surface area contributed by atoms with Crippen LogP contribution < -0.4 is 10.3 Å². The second kappa shape index (κ2) is 7.10. The lowest BCUT2D eigenvalue weighted by atomic mass is 10.0. The Morgan fingerprint density at radius 3 is 2.61 bits per heavy atom. The molecule has 0 N–H and O–H groups in total. The van der Waals surface area contributed by atoms with E-state index in [0.29, 0.717) is 23.8 Å². The molecule has 4 nitrogen and oxygen atoms in total. The molecule has 0 saturated heterocycles. The van der Waals surface area contributed by atoms with Crippen molar-refractivity contribution in [2.24, 2.45) is 5.92 Å². The van der Waals surface area contributed by atoms with Gasteiger partial charge in [-0.2, -0.15) is 5.26 Å². The lowest BCUT2D eigenvalue weighted by Gasteiger charge is -2.12. The minimum Gasteiger partial charge on any atom is -0.497 e. The fraction of sp³-hybridized carbons (Fsp3) is 0.333. The number of aromatic nitrogens is 1. The molecule has 0 radical (unpaired) electrons. The van der Waals surface area contributed by atoms with E-state index in [0.717, 1.165) is 6.42 Å². The lowest BCUT2D eigenvalue weighted by Crippen LogP contribution is -2.23. The van der Waals surface area contributed by atoms with Gasteiger partial charge in [0.05, 0.1) is 7.11 Å². The van der Waals surface area contributed by atoms with Crippen LogP contribution in [0.3, 0.4) is 0 Å². The molecule has 0 amide bonds. The van der Waals surface area contributed by atoms with Crippen LogP contribution in [0.2, 0.25) is 0 Å². The van der Waals surface area contributed by atoms with Crippen LogP contribution in [-0.4, -0.2) is 11.7 Å². The molecular formula is C18H19FN2O2. The van der Waals surface area contributed by atoms with E-state index in [2.05, 4.69) is 13.8 Å². The van der Waals surface area contributed by atoms with Gasteiger partial charge < -0.3 is 9.30 Å². The summed E-state index contributed by atoms with van der Waals surface area (Å²) in [7, 11) is 1.45. The first-order chi connectivity index (χ1) is 11.0. The van der Waals surface area contributed by atoms with E-state index in [1.165, 1.54) is 23.8 Å². The first kappa shape index (κ1) is 16.8. The fourth-order valence-corrected chi connectivity index (χ4v) is 2.32. The van der Waals surface area contributed by atoms with Gasteiger partial charge in [-0.25, -0.2) is 4.39 Å². The van der Waals surface area contributed by atoms with Gasteiger partial charge in [0.25, 0.3) is 5.56 Å². The van der Waals surface area contributed by atoms with E-state index in [9.17, 15) is 14.4 Å². The number of nitriles is 1. The second-order valence-corrected chi connectivity index (χ2v) is 5.74. The molecule has 5 heteroatoms. The van der Waals surface area contributed by atoms with Gasteiger partial charge in [0.15, 0.2) is 0 Å². The standard InChI is InChI=1S/C18H19FN2O2/c1-12(2)6-8-21-9-7-14(16(11-20)18(21)22)15-5-4-13(23-3)10-17(15)19/h4-5,7,9-10,12H,6,8H2,1-3H3. The number of hydrogen-bond acceptors (Lipinski definition) is 3. The number of halogens is 1. The number of aryl methyl sites for hydroxylation is 1. The molecule has 1 aromatic heterocycles. The van der Waals surface area contributed by atoms with Crippen LogP contribution in [0.4, 0.5) is 4.39 Å². The molecule has 23 heavy (non-hydrogen) atoms. The highest BCUT2D eigenvalue weighted by Crippen LogP contribution is 2.27. The van der Waals surface area contributed by atoms with E-state index in [-0.39, 0.29) is 16.7 Å². The molecule has 0 fully saturated rings. The Hall–Kier alpha value is -2.61. The molecule has 0 saturated carbocycles. The Kier molecular flexibility index (Phi) is 5.17. The predicted molar refractivity (Wildman–Crippen MR) is 86.8 cm³/mol.